The van der Waals surface area contributed by atoms with E-state index in [0.717, 1.165) is 16.8 Å². The van der Waals surface area contributed by atoms with E-state index in [0.29, 0.717) is 45.5 Å². The summed E-state index contributed by atoms with van der Waals surface area (Å²) in [5.41, 5.74) is 4.54. The summed E-state index contributed by atoms with van der Waals surface area (Å²) in [6.45, 7) is 0.676. The molecule has 0 spiro atoms. The number of hydrogen-bond donors (Lipinski definition) is 4. The quantitative estimate of drug-likeness (QED) is 0.157. The van der Waals surface area contributed by atoms with Crippen LogP contribution in [0.25, 0.3) is 0 Å². The van der Waals surface area contributed by atoms with E-state index >= 15 is 0 Å². The minimum atomic E-state index is -3.65. The molecule has 0 aromatic heterocycles. The van der Waals surface area contributed by atoms with Gasteiger partial charge in [-0.1, -0.05) is 71.7 Å². The largest absolute Gasteiger partial charge is 0.387 e. The molecule has 0 atom stereocenters. The number of benzene rings is 4. The van der Waals surface area contributed by atoms with Crippen LogP contribution < -0.4 is 20.7 Å². The van der Waals surface area contributed by atoms with Crippen LogP contribution in [0.5, 0.6) is 0 Å². The van der Waals surface area contributed by atoms with Crippen molar-refractivity contribution in [2.75, 3.05) is 22.8 Å². The summed E-state index contributed by atoms with van der Waals surface area (Å²) in [6, 6.07) is 26.1. The molecule has 2 amide bonds. The highest BCUT2D eigenvalue weighted by Crippen LogP contribution is 2.26. The van der Waals surface area contributed by atoms with Crippen LogP contribution in [0.1, 0.15) is 37.4 Å². The lowest BCUT2D eigenvalue weighted by Crippen LogP contribution is -2.24. The molecule has 0 saturated carbocycles. The lowest BCUT2D eigenvalue weighted by Gasteiger charge is -2.11. The number of anilines is 2. The molecule has 4 N–H and O–H groups in total. The van der Waals surface area contributed by atoms with Gasteiger partial charge in [-0.05, 0) is 65.6 Å². The standard InChI is InChI=1S/C31H30Cl2N4O4S/c1-34-28-8-3-2-6-26(28)31(39)36-20-22-11-9-21(10-12-22)19-35-30(38)24-13-15-25(16-14-24)37-42(40,41)18-17-23-5-4-7-27(32)29(23)33/h2-16,34,37H,17-20H2,1H3,(H,35,38)(H,36,39). The van der Waals surface area contributed by atoms with Crippen molar-refractivity contribution in [3.05, 3.63) is 129 Å². The lowest BCUT2D eigenvalue weighted by atomic mass is 10.1. The molecule has 0 unspecified atom stereocenters. The second-order valence-corrected chi connectivity index (χ2v) is 12.1. The number of rotatable bonds is 12. The van der Waals surface area contributed by atoms with Crippen LogP contribution in [0.2, 0.25) is 10.0 Å². The van der Waals surface area contributed by atoms with E-state index < -0.39 is 10.0 Å². The average Bonchev–Trinajstić information content (AvgIpc) is 3.00. The number of sulfonamides is 1. The van der Waals surface area contributed by atoms with Gasteiger partial charge in [0, 0.05) is 37.1 Å². The molecule has 0 heterocycles. The van der Waals surface area contributed by atoms with Crippen molar-refractivity contribution in [2.45, 2.75) is 19.5 Å². The number of carbonyl (C=O) groups excluding carboxylic acids is 2. The molecule has 0 radical (unpaired) electrons. The highest BCUT2D eigenvalue weighted by atomic mass is 35.5. The second kappa shape index (κ2) is 14.2. The highest BCUT2D eigenvalue weighted by molar-refractivity contribution is 7.92. The van der Waals surface area contributed by atoms with E-state index in [1.807, 2.05) is 42.5 Å². The zero-order valence-corrected chi connectivity index (χ0v) is 25.1. The number of amides is 2. The fourth-order valence-electron chi connectivity index (χ4n) is 4.14. The van der Waals surface area contributed by atoms with Gasteiger partial charge in [-0.2, -0.15) is 0 Å². The summed E-state index contributed by atoms with van der Waals surface area (Å²) in [6.07, 6.45) is 0.204. The van der Waals surface area contributed by atoms with Crippen LogP contribution in [-0.2, 0) is 29.5 Å². The van der Waals surface area contributed by atoms with Crippen molar-refractivity contribution in [2.24, 2.45) is 0 Å². The van der Waals surface area contributed by atoms with Gasteiger partial charge in [0.15, 0.2) is 0 Å². The minimum absolute atomic E-state index is 0.169. The van der Waals surface area contributed by atoms with Crippen LogP contribution >= 0.6 is 23.2 Å². The summed E-state index contributed by atoms with van der Waals surface area (Å²) < 4.78 is 27.6. The van der Waals surface area contributed by atoms with Gasteiger partial charge in [0.1, 0.15) is 0 Å². The van der Waals surface area contributed by atoms with Gasteiger partial charge in [0.25, 0.3) is 11.8 Å². The van der Waals surface area contributed by atoms with Crippen molar-refractivity contribution in [1.29, 1.82) is 0 Å². The van der Waals surface area contributed by atoms with Crippen LogP contribution in [0.3, 0.4) is 0 Å². The van der Waals surface area contributed by atoms with Gasteiger partial charge < -0.3 is 16.0 Å². The third-order valence-electron chi connectivity index (χ3n) is 6.46. The first kappa shape index (κ1) is 30.9. The SMILES string of the molecule is CNc1ccccc1C(=O)NCc1ccc(CNC(=O)c2ccc(NS(=O)(=O)CCc3cccc(Cl)c3Cl)cc2)cc1. The summed E-state index contributed by atoms with van der Waals surface area (Å²) in [7, 11) is -1.88. The van der Waals surface area contributed by atoms with Gasteiger partial charge in [0.2, 0.25) is 10.0 Å². The molecule has 0 aliphatic carbocycles. The Morgan fingerprint density at radius 3 is 2.00 bits per heavy atom. The first-order valence-corrected chi connectivity index (χ1v) is 15.5. The molecular formula is C31H30Cl2N4O4S. The molecule has 42 heavy (non-hydrogen) atoms. The van der Waals surface area contributed by atoms with E-state index in [9.17, 15) is 18.0 Å². The maximum absolute atomic E-state index is 12.6. The topological polar surface area (TPSA) is 116 Å². The van der Waals surface area contributed by atoms with Crippen LogP contribution in [0, 0.1) is 0 Å². The number of para-hydroxylation sites is 1. The van der Waals surface area contributed by atoms with Gasteiger partial charge in [-0.3, -0.25) is 14.3 Å². The minimum Gasteiger partial charge on any atom is -0.387 e. The second-order valence-electron chi connectivity index (χ2n) is 9.44. The number of aryl methyl sites for hydroxylation is 1. The number of hydrogen-bond acceptors (Lipinski definition) is 5. The van der Waals surface area contributed by atoms with E-state index in [-0.39, 0.29) is 24.0 Å². The summed E-state index contributed by atoms with van der Waals surface area (Å²) in [5.74, 6) is -0.637. The van der Waals surface area contributed by atoms with Crippen molar-refractivity contribution in [3.8, 4) is 0 Å². The van der Waals surface area contributed by atoms with E-state index in [2.05, 4.69) is 20.7 Å². The van der Waals surface area contributed by atoms with Gasteiger partial charge in [-0.25, -0.2) is 8.42 Å². The van der Waals surface area contributed by atoms with Crippen LogP contribution in [0.15, 0.2) is 91.0 Å². The van der Waals surface area contributed by atoms with Gasteiger partial charge in [-0.15, -0.1) is 0 Å². The lowest BCUT2D eigenvalue weighted by molar-refractivity contribution is 0.0943. The molecule has 0 saturated heterocycles. The fraction of sp³-hybridized carbons (Fsp3) is 0.161. The zero-order chi connectivity index (χ0) is 30.1. The number of halogens is 2. The maximum Gasteiger partial charge on any atom is 0.253 e. The Morgan fingerprint density at radius 1 is 0.738 bits per heavy atom. The summed E-state index contributed by atoms with van der Waals surface area (Å²) in [5, 5.41) is 9.50. The summed E-state index contributed by atoms with van der Waals surface area (Å²) >= 11 is 12.2. The Morgan fingerprint density at radius 2 is 1.36 bits per heavy atom. The van der Waals surface area contributed by atoms with E-state index in [1.165, 1.54) is 12.1 Å². The fourth-order valence-corrected chi connectivity index (χ4v) is 5.64. The molecule has 4 aromatic carbocycles. The van der Waals surface area contributed by atoms with E-state index in [1.54, 1.807) is 43.4 Å². The molecule has 8 nitrogen and oxygen atoms in total. The third-order valence-corrected chi connectivity index (χ3v) is 8.61. The molecular weight excluding hydrogens is 595 g/mol. The van der Waals surface area contributed by atoms with Crippen LogP contribution in [-0.4, -0.2) is 33.0 Å². The third kappa shape index (κ3) is 8.48. The van der Waals surface area contributed by atoms with Gasteiger partial charge >= 0.3 is 0 Å². The maximum atomic E-state index is 12.6. The van der Waals surface area contributed by atoms with Gasteiger partial charge in [0.05, 0.1) is 21.4 Å². The smallest absolute Gasteiger partial charge is 0.253 e. The molecule has 4 aromatic rings. The van der Waals surface area contributed by atoms with Crippen LogP contribution in [0.4, 0.5) is 11.4 Å². The Kier molecular flexibility index (Phi) is 10.5. The Labute approximate surface area is 255 Å². The predicted octanol–water partition coefficient (Wildman–Crippen LogP) is 5.88. The Bertz CT molecular complexity index is 1660. The van der Waals surface area contributed by atoms with Crippen molar-refractivity contribution >= 4 is 56.4 Å². The molecule has 0 aliphatic heterocycles. The predicted molar refractivity (Wildman–Crippen MR) is 169 cm³/mol. The molecule has 0 fully saturated rings. The highest BCUT2D eigenvalue weighted by Gasteiger charge is 2.14. The normalized spacial score (nSPS) is 11.0. The first-order valence-electron chi connectivity index (χ1n) is 13.1. The molecule has 11 heteroatoms. The molecule has 218 valence electrons. The molecule has 4 rings (SSSR count). The Hall–Kier alpha value is -4.05. The van der Waals surface area contributed by atoms with Crippen molar-refractivity contribution < 1.29 is 18.0 Å². The first-order chi connectivity index (χ1) is 20.1. The Balaban J connectivity index is 1.24. The van der Waals surface area contributed by atoms with Crippen molar-refractivity contribution in [1.82, 2.24) is 10.6 Å². The average molecular weight is 626 g/mol. The monoisotopic (exact) mass is 624 g/mol. The zero-order valence-electron chi connectivity index (χ0n) is 22.8. The van der Waals surface area contributed by atoms with Crippen molar-refractivity contribution in [3.63, 3.8) is 0 Å². The molecule has 0 aliphatic rings. The molecule has 0 bridgehead atoms. The summed E-state index contributed by atoms with van der Waals surface area (Å²) in [4.78, 5) is 25.2. The number of carbonyl (C=O) groups is 2. The van der Waals surface area contributed by atoms with E-state index in [4.69, 9.17) is 23.2 Å². The number of nitrogens with one attached hydrogen (secondary N) is 4.